The molecule has 0 fully saturated rings. The molecular formula is C21H21Cl2N3O2S. The average molecular weight is 450 g/mol. The molecule has 0 bridgehead atoms. The van der Waals surface area contributed by atoms with Gasteiger partial charge in [0.1, 0.15) is 0 Å². The Morgan fingerprint density at radius 3 is 2.48 bits per heavy atom. The predicted molar refractivity (Wildman–Crippen MR) is 120 cm³/mol. The fraction of sp³-hybridized carbons (Fsp3) is 0.286. The number of nitrogens with two attached hydrogens (primary N) is 1. The van der Waals surface area contributed by atoms with Crippen LogP contribution in [0.5, 0.6) is 0 Å². The molecule has 0 aliphatic carbocycles. The van der Waals surface area contributed by atoms with Crippen molar-refractivity contribution >= 4 is 51.8 Å². The maximum Gasteiger partial charge on any atom is 0.262 e. The van der Waals surface area contributed by atoms with Gasteiger partial charge in [-0.1, -0.05) is 59.6 Å². The highest BCUT2D eigenvalue weighted by atomic mass is 35.5. The smallest absolute Gasteiger partial charge is 0.262 e. The number of benzene rings is 2. The molecule has 2 N–H and O–H groups in total. The number of aromatic nitrogens is 2. The molecule has 2 aromatic carbocycles. The van der Waals surface area contributed by atoms with Crippen LogP contribution < -0.4 is 11.3 Å². The molecule has 0 aliphatic heterocycles. The van der Waals surface area contributed by atoms with Crippen molar-refractivity contribution < 1.29 is 4.79 Å². The number of amides is 1. The monoisotopic (exact) mass is 449 g/mol. The highest BCUT2D eigenvalue weighted by Gasteiger charge is 2.13. The Kier molecular flexibility index (Phi) is 7.58. The van der Waals surface area contributed by atoms with Gasteiger partial charge in [0.2, 0.25) is 5.91 Å². The van der Waals surface area contributed by atoms with E-state index >= 15 is 0 Å². The summed E-state index contributed by atoms with van der Waals surface area (Å²) in [6, 6.07) is 12.7. The molecular weight excluding hydrogens is 429 g/mol. The Hall–Kier alpha value is -2.02. The van der Waals surface area contributed by atoms with Gasteiger partial charge >= 0.3 is 0 Å². The molecule has 0 saturated heterocycles. The molecule has 0 spiro atoms. The van der Waals surface area contributed by atoms with Gasteiger partial charge in [-0.3, -0.25) is 14.2 Å². The van der Waals surface area contributed by atoms with Crippen molar-refractivity contribution in [2.75, 3.05) is 0 Å². The van der Waals surface area contributed by atoms with E-state index in [1.54, 1.807) is 28.8 Å². The van der Waals surface area contributed by atoms with E-state index in [-0.39, 0.29) is 11.5 Å². The lowest BCUT2D eigenvalue weighted by Gasteiger charge is -2.14. The quantitative estimate of drug-likeness (QED) is 0.281. The third kappa shape index (κ3) is 5.53. The number of nitrogens with zero attached hydrogens (tertiary/aromatic N) is 2. The maximum absolute atomic E-state index is 13.0. The van der Waals surface area contributed by atoms with Crippen LogP contribution in [-0.4, -0.2) is 15.5 Å². The molecule has 3 rings (SSSR count). The van der Waals surface area contributed by atoms with Gasteiger partial charge in [-0.2, -0.15) is 0 Å². The molecule has 0 atom stereocenters. The highest BCUT2D eigenvalue weighted by molar-refractivity contribution is 7.98. The second kappa shape index (κ2) is 10.1. The van der Waals surface area contributed by atoms with Gasteiger partial charge in [0, 0.05) is 28.8 Å². The molecule has 0 unspecified atom stereocenters. The summed E-state index contributed by atoms with van der Waals surface area (Å²) in [5.41, 5.74) is 6.59. The number of carbonyl (C=O) groups excluding carboxylic acids is 1. The van der Waals surface area contributed by atoms with Crippen molar-refractivity contribution in [3.8, 4) is 0 Å². The second-order valence-electron chi connectivity index (χ2n) is 6.63. The van der Waals surface area contributed by atoms with Crippen LogP contribution in [0.15, 0.2) is 52.4 Å². The first kappa shape index (κ1) is 21.7. The molecule has 152 valence electrons. The summed E-state index contributed by atoms with van der Waals surface area (Å²) in [7, 11) is 0. The Labute approximate surface area is 183 Å². The van der Waals surface area contributed by atoms with Crippen molar-refractivity contribution in [2.24, 2.45) is 5.73 Å². The Morgan fingerprint density at radius 2 is 1.76 bits per heavy atom. The number of primary amides is 1. The van der Waals surface area contributed by atoms with E-state index in [0.717, 1.165) is 18.4 Å². The van der Waals surface area contributed by atoms with Crippen molar-refractivity contribution in [3.05, 3.63) is 68.4 Å². The molecule has 3 aromatic rings. The summed E-state index contributed by atoms with van der Waals surface area (Å²) in [5, 5.41) is 2.39. The lowest BCUT2D eigenvalue weighted by atomic mass is 10.2. The minimum absolute atomic E-state index is 0.0711. The van der Waals surface area contributed by atoms with Crippen molar-refractivity contribution in [1.29, 1.82) is 0 Å². The molecule has 8 heteroatoms. The van der Waals surface area contributed by atoms with E-state index in [1.165, 1.54) is 11.8 Å². The number of halogens is 2. The topological polar surface area (TPSA) is 78.0 Å². The van der Waals surface area contributed by atoms with Crippen LogP contribution in [0.1, 0.15) is 31.2 Å². The van der Waals surface area contributed by atoms with E-state index < -0.39 is 0 Å². The maximum atomic E-state index is 13.0. The lowest BCUT2D eigenvalue weighted by molar-refractivity contribution is -0.118. The molecule has 0 aliphatic rings. The first-order valence-electron chi connectivity index (χ1n) is 9.31. The summed E-state index contributed by atoms with van der Waals surface area (Å²) in [6.45, 7) is 0.522. The number of unbranched alkanes of at least 4 members (excludes halogenated alkanes) is 2. The fourth-order valence-corrected chi connectivity index (χ4v) is 4.77. The van der Waals surface area contributed by atoms with Crippen LogP contribution in [-0.2, 0) is 17.1 Å². The number of fused-ring (bicyclic) bond motifs is 1. The van der Waals surface area contributed by atoms with Crippen LogP contribution in [0.3, 0.4) is 0 Å². The van der Waals surface area contributed by atoms with E-state index in [4.69, 9.17) is 33.9 Å². The Bertz CT molecular complexity index is 1060. The highest BCUT2D eigenvalue weighted by Crippen LogP contribution is 2.31. The van der Waals surface area contributed by atoms with Crippen molar-refractivity contribution in [2.45, 2.75) is 43.1 Å². The third-order valence-corrected chi connectivity index (χ3v) is 6.25. The van der Waals surface area contributed by atoms with Gasteiger partial charge in [-0.05, 0) is 42.7 Å². The third-order valence-electron chi connectivity index (χ3n) is 4.54. The molecule has 1 heterocycles. The zero-order valence-electron chi connectivity index (χ0n) is 15.7. The molecule has 0 radical (unpaired) electrons. The van der Waals surface area contributed by atoms with Crippen LogP contribution in [0.25, 0.3) is 10.9 Å². The number of para-hydroxylation sites is 1. The number of hydrogen-bond acceptors (Lipinski definition) is 4. The fourth-order valence-electron chi connectivity index (χ4n) is 3.01. The molecule has 1 aromatic heterocycles. The summed E-state index contributed by atoms with van der Waals surface area (Å²) >= 11 is 14.0. The van der Waals surface area contributed by atoms with Gasteiger partial charge in [0.05, 0.1) is 10.9 Å². The normalized spacial score (nSPS) is 11.1. The first-order valence-corrected chi connectivity index (χ1v) is 11.0. The van der Waals surface area contributed by atoms with Crippen molar-refractivity contribution in [1.82, 2.24) is 9.55 Å². The zero-order valence-corrected chi connectivity index (χ0v) is 18.1. The minimum Gasteiger partial charge on any atom is -0.370 e. The second-order valence-corrected chi connectivity index (χ2v) is 8.39. The van der Waals surface area contributed by atoms with Crippen LogP contribution in [0.2, 0.25) is 10.0 Å². The van der Waals surface area contributed by atoms with Crippen molar-refractivity contribution in [3.63, 3.8) is 0 Å². The van der Waals surface area contributed by atoms with Gasteiger partial charge in [-0.25, -0.2) is 4.98 Å². The molecule has 1 amide bonds. The molecule has 29 heavy (non-hydrogen) atoms. The minimum atomic E-state index is -0.303. The largest absolute Gasteiger partial charge is 0.370 e. The number of carbonyl (C=O) groups is 1. The summed E-state index contributed by atoms with van der Waals surface area (Å²) < 4.78 is 1.70. The average Bonchev–Trinajstić information content (AvgIpc) is 2.69. The first-order chi connectivity index (χ1) is 14.0. The standard InChI is InChI=1S/C21H21Cl2N3O2S/c22-16-8-6-9-17(23)15(16)13-29-21-25-18-10-4-3-7-14(18)20(28)26(21)12-5-1-2-11-19(24)27/h3-4,6-10H,1-2,5,11-13H2,(H2,24,27). The number of rotatable bonds is 9. The van der Waals surface area contributed by atoms with E-state index in [0.29, 0.717) is 51.2 Å². The van der Waals surface area contributed by atoms with Gasteiger partial charge in [0.25, 0.3) is 5.56 Å². The van der Waals surface area contributed by atoms with Gasteiger partial charge < -0.3 is 5.73 Å². The SMILES string of the molecule is NC(=O)CCCCCn1c(SCc2c(Cl)cccc2Cl)nc2ccccc2c1=O. The van der Waals surface area contributed by atoms with Crippen LogP contribution in [0.4, 0.5) is 0 Å². The Morgan fingerprint density at radius 1 is 1.03 bits per heavy atom. The number of hydrogen-bond donors (Lipinski definition) is 1. The van der Waals surface area contributed by atoms with Crippen LogP contribution in [0, 0.1) is 0 Å². The molecule has 5 nitrogen and oxygen atoms in total. The van der Waals surface area contributed by atoms with E-state index in [2.05, 4.69) is 0 Å². The number of thioether (sulfide) groups is 1. The van der Waals surface area contributed by atoms with Gasteiger partial charge in [-0.15, -0.1) is 0 Å². The molecule has 0 saturated carbocycles. The summed E-state index contributed by atoms with van der Waals surface area (Å²) in [4.78, 5) is 28.6. The predicted octanol–water partition coefficient (Wildman–Crippen LogP) is 5.04. The summed E-state index contributed by atoms with van der Waals surface area (Å²) in [5.74, 6) is 0.202. The zero-order chi connectivity index (χ0) is 20.8. The van der Waals surface area contributed by atoms with E-state index in [1.807, 2.05) is 18.2 Å². The van der Waals surface area contributed by atoms with Crippen LogP contribution >= 0.6 is 35.0 Å². The lowest BCUT2D eigenvalue weighted by Crippen LogP contribution is -2.23. The Balaban J connectivity index is 1.85. The van der Waals surface area contributed by atoms with Gasteiger partial charge in [0.15, 0.2) is 5.16 Å². The summed E-state index contributed by atoms with van der Waals surface area (Å²) in [6.07, 6.45) is 2.64. The van der Waals surface area contributed by atoms with E-state index in [9.17, 15) is 9.59 Å².